The van der Waals surface area contributed by atoms with Gasteiger partial charge in [-0.15, -0.1) is 11.3 Å². The monoisotopic (exact) mass is 395 g/mol. The Bertz CT molecular complexity index is 891. The van der Waals surface area contributed by atoms with Crippen LogP contribution in [-0.4, -0.2) is 5.78 Å². The molecule has 22 heavy (non-hydrogen) atoms. The van der Waals surface area contributed by atoms with Crippen molar-refractivity contribution < 1.29 is 9.18 Å². The number of nitriles is 1. The Morgan fingerprint density at radius 1 is 1.50 bits per heavy atom. The maximum absolute atomic E-state index is 13.1. The molecule has 0 N–H and O–H groups in total. The van der Waals surface area contributed by atoms with Gasteiger partial charge in [0.25, 0.3) is 0 Å². The van der Waals surface area contributed by atoms with Crippen molar-refractivity contribution in [3.8, 4) is 6.07 Å². The Kier molecular flexibility index (Phi) is 4.97. The average Bonchev–Trinajstić information content (AvgIpc) is 2.89. The van der Waals surface area contributed by atoms with Gasteiger partial charge in [-0.25, -0.2) is 4.39 Å². The minimum Gasteiger partial charge on any atom is -0.288 e. The number of nitrogens with zero attached hydrogens (tertiary/aromatic N) is 1. The van der Waals surface area contributed by atoms with E-state index in [1.165, 1.54) is 11.3 Å². The first-order valence-corrected chi connectivity index (χ1v) is 7.97. The van der Waals surface area contributed by atoms with E-state index in [-0.39, 0.29) is 21.7 Å². The third-order valence-electron chi connectivity index (χ3n) is 2.89. The fraction of sp³-hybridized carbons (Fsp3) is 0. The van der Waals surface area contributed by atoms with Crippen molar-refractivity contribution in [2.75, 3.05) is 0 Å². The zero-order valence-corrected chi connectivity index (χ0v) is 14.3. The normalized spacial score (nSPS) is 11.3. The van der Waals surface area contributed by atoms with Gasteiger partial charge >= 0.3 is 0 Å². The second-order valence-electron chi connectivity index (χ2n) is 4.29. The van der Waals surface area contributed by atoms with Crippen LogP contribution >= 0.6 is 38.9 Å². The lowest BCUT2D eigenvalue weighted by atomic mass is 9.96. The Balaban J connectivity index is 2.76. The van der Waals surface area contributed by atoms with Crippen molar-refractivity contribution in [3.63, 3.8) is 0 Å². The molecular weight excluding hydrogens is 389 g/mol. The molecule has 2 aromatic rings. The van der Waals surface area contributed by atoms with E-state index in [4.69, 9.17) is 11.6 Å². The standard InChI is InChI=1S/C16H8BrClFNOS/c1-8(19)5-11(9(2)18)16(21)15-12(7-20)10-3-4-22-14(10)6-13(15)17/h3-6H,1-2H2/b11-5+. The van der Waals surface area contributed by atoms with Gasteiger partial charge < -0.3 is 0 Å². The number of halogens is 3. The summed E-state index contributed by atoms with van der Waals surface area (Å²) in [6.07, 6.45) is 0.906. The number of Topliss-reactive ketones (excluding diaryl/α,β-unsaturated/α-hetero) is 1. The zero-order valence-electron chi connectivity index (χ0n) is 11.1. The molecule has 2 nitrogen and oxygen atoms in total. The number of allylic oxidation sites excluding steroid dienone is 4. The molecular formula is C16H8BrClFNOS. The second-order valence-corrected chi connectivity index (χ2v) is 6.55. The highest BCUT2D eigenvalue weighted by Gasteiger charge is 2.23. The van der Waals surface area contributed by atoms with Gasteiger partial charge in [-0.3, -0.25) is 4.79 Å². The fourth-order valence-electron chi connectivity index (χ4n) is 1.98. The highest BCUT2D eigenvalue weighted by molar-refractivity contribution is 9.10. The maximum atomic E-state index is 13.1. The van der Waals surface area contributed by atoms with Crippen molar-refractivity contribution in [1.29, 1.82) is 5.26 Å². The van der Waals surface area contributed by atoms with E-state index in [9.17, 15) is 14.4 Å². The third kappa shape index (κ3) is 3.05. The van der Waals surface area contributed by atoms with Crippen molar-refractivity contribution in [3.05, 3.63) is 68.8 Å². The zero-order chi connectivity index (χ0) is 16.4. The molecule has 110 valence electrons. The predicted molar refractivity (Wildman–Crippen MR) is 91.9 cm³/mol. The van der Waals surface area contributed by atoms with Crippen molar-refractivity contribution in [2.45, 2.75) is 0 Å². The first-order valence-electron chi connectivity index (χ1n) is 5.92. The van der Waals surface area contributed by atoms with Crippen LogP contribution in [0.3, 0.4) is 0 Å². The van der Waals surface area contributed by atoms with Gasteiger partial charge in [0.2, 0.25) is 0 Å². The molecule has 1 aromatic carbocycles. The van der Waals surface area contributed by atoms with E-state index < -0.39 is 11.6 Å². The lowest BCUT2D eigenvalue weighted by Gasteiger charge is -2.10. The summed E-state index contributed by atoms with van der Waals surface area (Å²) < 4.78 is 14.4. The Morgan fingerprint density at radius 2 is 2.18 bits per heavy atom. The molecule has 0 saturated heterocycles. The van der Waals surface area contributed by atoms with Crippen molar-refractivity contribution >= 4 is 54.7 Å². The molecule has 0 spiro atoms. The molecule has 6 heteroatoms. The van der Waals surface area contributed by atoms with E-state index in [2.05, 4.69) is 29.1 Å². The highest BCUT2D eigenvalue weighted by atomic mass is 79.9. The minimum atomic E-state index is -0.823. The molecule has 0 saturated carbocycles. The second kappa shape index (κ2) is 6.57. The molecule has 0 aliphatic rings. The van der Waals surface area contributed by atoms with Crippen LogP contribution in [0.15, 0.2) is 57.7 Å². The van der Waals surface area contributed by atoms with Crippen LogP contribution in [0, 0.1) is 11.3 Å². The molecule has 0 atom stereocenters. The summed E-state index contributed by atoms with van der Waals surface area (Å²) in [5.74, 6) is -1.41. The van der Waals surface area contributed by atoms with Crippen LogP contribution in [0.1, 0.15) is 15.9 Å². The number of carbonyl (C=O) groups is 1. The topological polar surface area (TPSA) is 40.9 Å². The summed E-state index contributed by atoms with van der Waals surface area (Å²) in [6, 6.07) is 5.53. The molecule has 0 bridgehead atoms. The fourth-order valence-corrected chi connectivity index (χ4v) is 3.71. The molecule has 2 rings (SSSR count). The highest BCUT2D eigenvalue weighted by Crippen LogP contribution is 2.35. The molecule has 0 fully saturated rings. The molecule has 0 radical (unpaired) electrons. The van der Waals surface area contributed by atoms with E-state index in [1.54, 1.807) is 12.1 Å². The largest absolute Gasteiger partial charge is 0.288 e. The van der Waals surface area contributed by atoms with Gasteiger partial charge in [-0.1, -0.05) is 24.8 Å². The number of hydrogen-bond donors (Lipinski definition) is 0. The Hall–Kier alpha value is -1.74. The van der Waals surface area contributed by atoms with Crippen LogP contribution in [-0.2, 0) is 0 Å². The van der Waals surface area contributed by atoms with Gasteiger partial charge in [-0.2, -0.15) is 5.26 Å². The van der Waals surface area contributed by atoms with Crippen LogP contribution < -0.4 is 0 Å². The van der Waals surface area contributed by atoms with Crippen LogP contribution in [0.5, 0.6) is 0 Å². The van der Waals surface area contributed by atoms with Crippen LogP contribution in [0.2, 0.25) is 0 Å². The molecule has 0 aliphatic carbocycles. The van der Waals surface area contributed by atoms with Gasteiger partial charge in [0.1, 0.15) is 11.9 Å². The first-order chi connectivity index (χ1) is 10.4. The number of hydrogen-bond acceptors (Lipinski definition) is 3. The molecule has 1 heterocycles. The number of carbonyl (C=O) groups excluding carboxylic acids is 1. The summed E-state index contributed by atoms with van der Waals surface area (Å²) in [7, 11) is 0. The molecule has 0 amide bonds. The van der Waals surface area contributed by atoms with E-state index >= 15 is 0 Å². The number of ketones is 1. The third-order valence-corrected chi connectivity index (χ3v) is 4.58. The van der Waals surface area contributed by atoms with Gasteiger partial charge in [0.05, 0.1) is 11.1 Å². The van der Waals surface area contributed by atoms with E-state index in [0.717, 1.165) is 10.8 Å². The summed E-state index contributed by atoms with van der Waals surface area (Å²) in [5.41, 5.74) is 0.201. The number of benzene rings is 1. The summed E-state index contributed by atoms with van der Waals surface area (Å²) >= 11 is 10.5. The number of thiophene rings is 1. The summed E-state index contributed by atoms with van der Waals surface area (Å²) in [6.45, 7) is 6.55. The smallest absolute Gasteiger partial charge is 0.197 e. The summed E-state index contributed by atoms with van der Waals surface area (Å²) in [5, 5.41) is 11.8. The van der Waals surface area contributed by atoms with Crippen molar-refractivity contribution in [1.82, 2.24) is 0 Å². The maximum Gasteiger partial charge on any atom is 0.197 e. The molecule has 0 aliphatic heterocycles. The lowest BCUT2D eigenvalue weighted by molar-refractivity contribution is 0.103. The van der Waals surface area contributed by atoms with E-state index in [0.29, 0.717) is 9.86 Å². The van der Waals surface area contributed by atoms with E-state index in [1.807, 2.05) is 11.4 Å². The summed E-state index contributed by atoms with van der Waals surface area (Å²) in [4.78, 5) is 12.7. The first kappa shape index (κ1) is 16.6. The lowest BCUT2D eigenvalue weighted by Crippen LogP contribution is -2.08. The van der Waals surface area contributed by atoms with Gasteiger partial charge in [-0.05, 0) is 39.5 Å². The van der Waals surface area contributed by atoms with Crippen LogP contribution in [0.4, 0.5) is 4.39 Å². The quantitative estimate of drug-likeness (QED) is 0.368. The van der Waals surface area contributed by atoms with Gasteiger partial charge in [0.15, 0.2) is 5.78 Å². The molecule has 1 aromatic heterocycles. The Labute approximate surface area is 143 Å². The predicted octanol–water partition coefficient (Wildman–Crippen LogP) is 5.88. The number of fused-ring (bicyclic) bond motifs is 1. The number of rotatable bonds is 4. The van der Waals surface area contributed by atoms with Gasteiger partial charge in [0, 0.05) is 25.2 Å². The molecule has 0 unspecified atom stereocenters. The SMILES string of the molecule is C=C(F)/C=C(\C(=C)Cl)C(=O)c1c(Br)cc2sccc2c1C#N. The Morgan fingerprint density at radius 3 is 2.73 bits per heavy atom. The van der Waals surface area contributed by atoms with Crippen LogP contribution in [0.25, 0.3) is 10.1 Å². The van der Waals surface area contributed by atoms with Crippen molar-refractivity contribution in [2.24, 2.45) is 0 Å². The average molecular weight is 397 g/mol. The minimum absolute atomic E-state index is 0.120.